The number of rotatable bonds is 3. The maximum atomic E-state index is 10.9. The minimum absolute atomic E-state index is 0.0715. The second-order valence-corrected chi connectivity index (χ2v) is 5.28. The van der Waals surface area contributed by atoms with Gasteiger partial charge < -0.3 is 0 Å². The van der Waals surface area contributed by atoms with Gasteiger partial charge in [-0.15, -0.1) is 0 Å². The van der Waals surface area contributed by atoms with Crippen molar-refractivity contribution >= 4 is 28.9 Å². The van der Waals surface area contributed by atoms with Crippen LogP contribution < -0.4 is 0 Å². The number of halogens is 2. The number of nitrogens with zero attached hydrogens (tertiary/aromatic N) is 3. The predicted octanol–water partition coefficient (Wildman–Crippen LogP) is 4.35. The molecule has 0 bridgehead atoms. The molecule has 6 nitrogen and oxygen atoms in total. The van der Waals surface area contributed by atoms with E-state index in [0.717, 1.165) is 5.56 Å². The van der Waals surface area contributed by atoms with Gasteiger partial charge in [0, 0.05) is 22.2 Å². The molecular formula is C14H8Cl2N4O2. The third-order valence-electron chi connectivity index (χ3n) is 3.00. The van der Waals surface area contributed by atoms with Crippen LogP contribution in [0.4, 0.5) is 5.69 Å². The van der Waals surface area contributed by atoms with E-state index in [4.69, 9.17) is 23.2 Å². The van der Waals surface area contributed by atoms with Crippen LogP contribution in [0.1, 0.15) is 0 Å². The van der Waals surface area contributed by atoms with E-state index < -0.39 is 4.92 Å². The highest BCUT2D eigenvalue weighted by atomic mass is 35.5. The molecule has 0 aliphatic carbocycles. The average molecular weight is 335 g/mol. The van der Waals surface area contributed by atoms with Crippen LogP contribution in [0.25, 0.3) is 22.8 Å². The quantitative estimate of drug-likeness (QED) is 0.569. The first-order valence-electron chi connectivity index (χ1n) is 6.17. The number of nitro benzene ring substituents is 1. The minimum atomic E-state index is -0.543. The fourth-order valence-corrected chi connectivity index (χ4v) is 2.23. The summed E-state index contributed by atoms with van der Waals surface area (Å²) in [5.41, 5.74) is 1.14. The van der Waals surface area contributed by atoms with E-state index >= 15 is 0 Å². The molecule has 0 fully saturated rings. The molecule has 0 aliphatic heterocycles. The van der Waals surface area contributed by atoms with Crippen molar-refractivity contribution in [3.8, 4) is 22.8 Å². The maximum absolute atomic E-state index is 10.9. The molecule has 0 amide bonds. The lowest BCUT2D eigenvalue weighted by atomic mass is 10.2. The van der Waals surface area contributed by atoms with Crippen LogP contribution in [0, 0.1) is 10.1 Å². The van der Waals surface area contributed by atoms with Gasteiger partial charge in [-0.1, -0.05) is 23.2 Å². The van der Waals surface area contributed by atoms with Crippen LogP contribution in [0.3, 0.4) is 0 Å². The van der Waals surface area contributed by atoms with Gasteiger partial charge in [0.05, 0.1) is 4.92 Å². The number of H-pyrrole nitrogens is 1. The van der Waals surface area contributed by atoms with Crippen LogP contribution in [-0.2, 0) is 0 Å². The van der Waals surface area contributed by atoms with Crippen molar-refractivity contribution in [2.45, 2.75) is 0 Å². The number of nitro groups is 1. The van der Waals surface area contributed by atoms with E-state index in [0.29, 0.717) is 22.2 Å². The van der Waals surface area contributed by atoms with Crippen LogP contribution in [0.5, 0.6) is 0 Å². The van der Waals surface area contributed by atoms with Crippen molar-refractivity contribution in [3.05, 3.63) is 62.6 Å². The highest BCUT2D eigenvalue weighted by Crippen LogP contribution is 2.29. The van der Waals surface area contributed by atoms with Crippen molar-refractivity contribution in [2.24, 2.45) is 0 Å². The fourth-order valence-electron chi connectivity index (χ4n) is 1.92. The Morgan fingerprint density at radius 2 is 1.73 bits per heavy atom. The van der Waals surface area contributed by atoms with Gasteiger partial charge in [0.1, 0.15) is 5.02 Å². The molecule has 110 valence electrons. The zero-order valence-electron chi connectivity index (χ0n) is 11.0. The summed E-state index contributed by atoms with van der Waals surface area (Å²) in [4.78, 5) is 14.7. The summed E-state index contributed by atoms with van der Waals surface area (Å²) in [5.74, 6) is 0.897. The molecule has 3 aromatic rings. The van der Waals surface area contributed by atoms with E-state index in [1.54, 1.807) is 30.3 Å². The van der Waals surface area contributed by atoms with Crippen LogP contribution >= 0.6 is 23.2 Å². The highest BCUT2D eigenvalue weighted by Gasteiger charge is 2.16. The molecule has 8 heteroatoms. The molecule has 0 saturated heterocycles. The molecular weight excluding hydrogens is 327 g/mol. The third kappa shape index (κ3) is 2.79. The first-order chi connectivity index (χ1) is 10.5. The summed E-state index contributed by atoms with van der Waals surface area (Å²) in [7, 11) is 0. The average Bonchev–Trinajstić information content (AvgIpc) is 2.98. The molecule has 0 atom stereocenters. The Hall–Kier alpha value is -2.44. The zero-order chi connectivity index (χ0) is 15.7. The smallest absolute Gasteiger partial charge is 0.259 e. The Morgan fingerprint density at radius 3 is 2.41 bits per heavy atom. The summed E-state index contributed by atoms with van der Waals surface area (Å²) < 4.78 is 0. The monoisotopic (exact) mass is 334 g/mol. The van der Waals surface area contributed by atoms with Crippen LogP contribution in [0.15, 0.2) is 42.5 Å². The van der Waals surface area contributed by atoms with Crippen molar-refractivity contribution < 1.29 is 4.92 Å². The molecule has 0 radical (unpaired) electrons. The predicted molar refractivity (Wildman–Crippen MR) is 83.9 cm³/mol. The van der Waals surface area contributed by atoms with Crippen LogP contribution in [-0.4, -0.2) is 20.1 Å². The molecule has 3 rings (SSSR count). The van der Waals surface area contributed by atoms with Gasteiger partial charge in [-0.25, -0.2) is 4.98 Å². The van der Waals surface area contributed by atoms with Gasteiger partial charge in [0.15, 0.2) is 11.6 Å². The van der Waals surface area contributed by atoms with Gasteiger partial charge >= 0.3 is 0 Å². The number of benzene rings is 2. The largest absolute Gasteiger partial charge is 0.288 e. The Morgan fingerprint density at radius 1 is 1.05 bits per heavy atom. The molecule has 1 aromatic heterocycles. The molecule has 1 heterocycles. The first kappa shape index (κ1) is 14.5. The topological polar surface area (TPSA) is 84.7 Å². The van der Waals surface area contributed by atoms with Gasteiger partial charge in [-0.2, -0.15) is 5.10 Å². The highest BCUT2D eigenvalue weighted by molar-refractivity contribution is 6.32. The van der Waals surface area contributed by atoms with Gasteiger partial charge in [-0.05, 0) is 36.4 Å². The Bertz CT molecular complexity index is 846. The van der Waals surface area contributed by atoms with E-state index in [1.807, 2.05) is 0 Å². The second kappa shape index (κ2) is 5.75. The van der Waals surface area contributed by atoms with Crippen molar-refractivity contribution in [1.82, 2.24) is 15.2 Å². The maximum Gasteiger partial charge on any atom is 0.288 e. The standard InChI is InChI=1S/C14H8Cl2N4O2/c15-10-4-1-8(2-5-10)13-17-14(19-18-13)9-3-6-11(16)12(7-9)20(21)22/h1-7H,(H,17,18,19). The number of nitrogens with one attached hydrogen (secondary N) is 1. The molecule has 0 spiro atoms. The van der Waals surface area contributed by atoms with Crippen molar-refractivity contribution in [3.63, 3.8) is 0 Å². The third-order valence-corrected chi connectivity index (χ3v) is 3.58. The van der Waals surface area contributed by atoms with Crippen molar-refractivity contribution in [1.29, 1.82) is 0 Å². The van der Waals surface area contributed by atoms with Crippen molar-refractivity contribution in [2.75, 3.05) is 0 Å². The fraction of sp³-hybridized carbons (Fsp3) is 0. The van der Waals surface area contributed by atoms with Gasteiger partial charge in [-0.3, -0.25) is 15.2 Å². The summed E-state index contributed by atoms with van der Waals surface area (Å²) >= 11 is 11.6. The number of hydrogen-bond donors (Lipinski definition) is 1. The summed E-state index contributed by atoms with van der Waals surface area (Å²) in [6.45, 7) is 0. The normalized spacial score (nSPS) is 10.6. The van der Waals surface area contributed by atoms with E-state index in [-0.39, 0.29) is 10.7 Å². The van der Waals surface area contributed by atoms with Crippen LogP contribution in [0.2, 0.25) is 10.0 Å². The zero-order valence-corrected chi connectivity index (χ0v) is 12.5. The van der Waals surface area contributed by atoms with E-state index in [2.05, 4.69) is 15.2 Å². The Kier molecular flexibility index (Phi) is 3.79. The number of hydrogen-bond acceptors (Lipinski definition) is 4. The van der Waals surface area contributed by atoms with Gasteiger partial charge in [0.25, 0.3) is 5.69 Å². The first-order valence-corrected chi connectivity index (χ1v) is 6.93. The molecule has 0 unspecified atom stereocenters. The Balaban J connectivity index is 1.99. The summed E-state index contributed by atoms with van der Waals surface area (Å²) in [5, 5.41) is 18.5. The lowest BCUT2D eigenvalue weighted by molar-refractivity contribution is -0.384. The molecule has 0 aliphatic rings. The molecule has 1 N–H and O–H groups in total. The SMILES string of the molecule is O=[N+]([O-])c1cc(-c2n[nH]c(-c3ccc(Cl)cc3)n2)ccc1Cl. The lowest BCUT2D eigenvalue weighted by Gasteiger charge is -1.98. The summed E-state index contributed by atoms with van der Waals surface area (Å²) in [6.07, 6.45) is 0. The number of aromatic nitrogens is 3. The molecule has 22 heavy (non-hydrogen) atoms. The van der Waals surface area contributed by atoms with E-state index in [9.17, 15) is 10.1 Å². The minimum Gasteiger partial charge on any atom is -0.259 e. The van der Waals surface area contributed by atoms with E-state index in [1.165, 1.54) is 12.1 Å². The second-order valence-electron chi connectivity index (χ2n) is 4.44. The molecule has 2 aromatic carbocycles. The molecule has 0 saturated carbocycles. The number of aromatic amines is 1. The van der Waals surface area contributed by atoms with Gasteiger partial charge in [0.2, 0.25) is 0 Å². The summed E-state index contributed by atoms with van der Waals surface area (Å²) in [6, 6.07) is 11.5. The Labute approximate surface area is 134 Å². The lowest BCUT2D eigenvalue weighted by Crippen LogP contribution is -1.90.